The molecule has 106 valence electrons. The first kappa shape index (κ1) is 14.7. The number of hydrogen-bond acceptors (Lipinski definition) is 4. The molecule has 1 N–H and O–H groups in total. The molecule has 5 nitrogen and oxygen atoms in total. The highest BCUT2D eigenvalue weighted by molar-refractivity contribution is 9.10. The lowest BCUT2D eigenvalue weighted by molar-refractivity contribution is 0.0600. The predicted octanol–water partition coefficient (Wildman–Crippen LogP) is 2.26. The lowest BCUT2D eigenvalue weighted by Crippen LogP contribution is -2.14. The van der Waals surface area contributed by atoms with E-state index < -0.39 is 0 Å². The maximum atomic E-state index is 11.4. The first-order chi connectivity index (χ1) is 9.60. The highest BCUT2D eigenvalue weighted by Crippen LogP contribution is 2.19. The van der Waals surface area contributed by atoms with Crippen molar-refractivity contribution >= 4 is 21.9 Å². The second-order valence-electron chi connectivity index (χ2n) is 4.38. The summed E-state index contributed by atoms with van der Waals surface area (Å²) in [5.41, 5.74) is 2.61. The Morgan fingerprint density at radius 2 is 2.20 bits per heavy atom. The van der Waals surface area contributed by atoms with Gasteiger partial charge < -0.3 is 10.1 Å². The molecule has 2 aromatic rings. The summed E-state index contributed by atoms with van der Waals surface area (Å²) in [7, 11) is 3.27. The summed E-state index contributed by atoms with van der Waals surface area (Å²) in [6, 6.07) is 7.40. The highest BCUT2D eigenvalue weighted by atomic mass is 79.9. The summed E-state index contributed by atoms with van der Waals surface area (Å²) in [4.78, 5) is 11.4. The number of aromatic nitrogens is 2. The topological polar surface area (TPSA) is 56.1 Å². The minimum absolute atomic E-state index is 0.335. The van der Waals surface area contributed by atoms with Crippen molar-refractivity contribution in [2.24, 2.45) is 7.05 Å². The third-order valence-corrected chi connectivity index (χ3v) is 3.60. The van der Waals surface area contributed by atoms with Crippen molar-refractivity contribution in [1.29, 1.82) is 0 Å². The van der Waals surface area contributed by atoms with Crippen molar-refractivity contribution in [2.75, 3.05) is 7.11 Å². The number of methoxy groups -OCH3 is 1. The molecule has 20 heavy (non-hydrogen) atoms. The van der Waals surface area contributed by atoms with Crippen LogP contribution in [-0.4, -0.2) is 22.9 Å². The molecule has 1 aromatic heterocycles. The number of hydrogen-bond donors (Lipinski definition) is 1. The third-order valence-electron chi connectivity index (χ3n) is 2.86. The van der Waals surface area contributed by atoms with Gasteiger partial charge in [-0.1, -0.05) is 22.0 Å². The van der Waals surface area contributed by atoms with Gasteiger partial charge in [0.2, 0.25) is 0 Å². The molecular weight excluding hydrogens is 322 g/mol. The van der Waals surface area contributed by atoms with Crippen LogP contribution in [0.25, 0.3) is 0 Å². The fourth-order valence-electron chi connectivity index (χ4n) is 1.82. The molecule has 0 aliphatic carbocycles. The molecule has 2 rings (SSSR count). The van der Waals surface area contributed by atoms with Gasteiger partial charge in [0.15, 0.2) is 0 Å². The van der Waals surface area contributed by atoms with Crippen LogP contribution in [0.2, 0.25) is 0 Å². The van der Waals surface area contributed by atoms with Crippen molar-refractivity contribution in [3.05, 3.63) is 51.8 Å². The van der Waals surface area contributed by atoms with Crippen molar-refractivity contribution in [2.45, 2.75) is 13.1 Å². The van der Waals surface area contributed by atoms with E-state index in [9.17, 15) is 4.79 Å². The molecule has 0 saturated heterocycles. The van der Waals surface area contributed by atoms with E-state index in [2.05, 4.69) is 31.1 Å². The van der Waals surface area contributed by atoms with Crippen LogP contribution in [0.5, 0.6) is 0 Å². The van der Waals surface area contributed by atoms with Gasteiger partial charge in [0.05, 0.1) is 18.4 Å². The first-order valence-electron chi connectivity index (χ1n) is 6.16. The van der Waals surface area contributed by atoms with E-state index in [1.165, 1.54) is 7.11 Å². The van der Waals surface area contributed by atoms with Gasteiger partial charge in [0.25, 0.3) is 0 Å². The number of nitrogens with zero attached hydrogens (tertiary/aromatic N) is 2. The zero-order chi connectivity index (χ0) is 14.5. The maximum Gasteiger partial charge on any atom is 0.337 e. The molecular formula is C14H16BrN3O2. The van der Waals surface area contributed by atoms with E-state index in [1.807, 2.05) is 25.4 Å². The van der Waals surface area contributed by atoms with Gasteiger partial charge in [0, 0.05) is 30.8 Å². The number of rotatable bonds is 5. The average molecular weight is 338 g/mol. The van der Waals surface area contributed by atoms with Gasteiger partial charge in [-0.25, -0.2) is 4.79 Å². The molecule has 0 amide bonds. The summed E-state index contributed by atoms with van der Waals surface area (Å²) in [6.07, 6.45) is 1.91. The molecule has 0 bridgehead atoms. The molecule has 0 atom stereocenters. The zero-order valence-corrected chi connectivity index (χ0v) is 13.0. The van der Waals surface area contributed by atoms with Crippen LogP contribution < -0.4 is 5.32 Å². The van der Waals surface area contributed by atoms with E-state index in [1.54, 1.807) is 16.8 Å². The van der Waals surface area contributed by atoms with Crippen molar-refractivity contribution in [3.8, 4) is 0 Å². The lowest BCUT2D eigenvalue weighted by Gasteiger charge is -2.07. The summed E-state index contributed by atoms with van der Waals surface area (Å²) in [5.74, 6) is -0.335. The first-order valence-corrected chi connectivity index (χ1v) is 6.95. The Balaban J connectivity index is 1.94. The second kappa shape index (κ2) is 6.67. The van der Waals surface area contributed by atoms with E-state index in [4.69, 9.17) is 0 Å². The standard InChI is InChI=1S/C14H16BrN3O2/c1-18-6-5-12(17-18)9-16-8-11-4-3-10(7-13(11)15)14(19)20-2/h3-7,16H,8-9H2,1-2H3. The number of esters is 1. The van der Waals surface area contributed by atoms with Crippen LogP contribution in [0, 0.1) is 0 Å². The smallest absolute Gasteiger partial charge is 0.337 e. The van der Waals surface area contributed by atoms with Crippen molar-refractivity contribution in [1.82, 2.24) is 15.1 Å². The second-order valence-corrected chi connectivity index (χ2v) is 5.24. The van der Waals surface area contributed by atoms with Gasteiger partial charge >= 0.3 is 5.97 Å². The molecule has 6 heteroatoms. The quantitative estimate of drug-likeness (QED) is 0.850. The summed E-state index contributed by atoms with van der Waals surface area (Å²) >= 11 is 3.47. The third kappa shape index (κ3) is 3.68. The van der Waals surface area contributed by atoms with Crippen LogP contribution in [0.4, 0.5) is 0 Å². The summed E-state index contributed by atoms with van der Waals surface area (Å²) < 4.78 is 7.35. The van der Waals surface area contributed by atoms with Crippen molar-refractivity contribution in [3.63, 3.8) is 0 Å². The molecule has 0 aliphatic rings. The van der Waals surface area contributed by atoms with Crippen LogP contribution >= 0.6 is 15.9 Å². The Labute approximate surface area is 126 Å². The molecule has 0 aliphatic heterocycles. The van der Waals surface area contributed by atoms with Gasteiger partial charge in [-0.05, 0) is 23.8 Å². The Hall–Kier alpha value is -1.66. The van der Waals surface area contributed by atoms with E-state index in [0.717, 1.165) is 15.7 Å². The lowest BCUT2D eigenvalue weighted by atomic mass is 10.1. The minimum atomic E-state index is -0.335. The van der Waals surface area contributed by atoms with Crippen LogP contribution in [-0.2, 0) is 24.9 Å². The normalized spacial score (nSPS) is 10.6. The van der Waals surface area contributed by atoms with Crippen molar-refractivity contribution < 1.29 is 9.53 Å². The monoisotopic (exact) mass is 337 g/mol. The number of benzene rings is 1. The molecule has 1 heterocycles. The fraction of sp³-hybridized carbons (Fsp3) is 0.286. The van der Waals surface area contributed by atoms with Crippen LogP contribution in [0.15, 0.2) is 34.9 Å². The van der Waals surface area contributed by atoms with Gasteiger partial charge in [-0.2, -0.15) is 5.10 Å². The van der Waals surface area contributed by atoms with Crippen LogP contribution in [0.3, 0.4) is 0 Å². The molecule has 0 spiro atoms. The molecule has 0 radical (unpaired) electrons. The molecule has 0 fully saturated rings. The fourth-order valence-corrected chi connectivity index (χ4v) is 2.34. The van der Waals surface area contributed by atoms with E-state index >= 15 is 0 Å². The van der Waals surface area contributed by atoms with Gasteiger partial charge in [0.1, 0.15) is 0 Å². The minimum Gasteiger partial charge on any atom is -0.465 e. The Morgan fingerprint density at radius 3 is 2.80 bits per heavy atom. The Bertz CT molecular complexity index is 610. The van der Waals surface area contributed by atoms with E-state index in [0.29, 0.717) is 18.7 Å². The highest BCUT2D eigenvalue weighted by Gasteiger charge is 2.08. The van der Waals surface area contributed by atoms with E-state index in [-0.39, 0.29) is 5.97 Å². The maximum absolute atomic E-state index is 11.4. The number of ether oxygens (including phenoxy) is 1. The SMILES string of the molecule is COC(=O)c1ccc(CNCc2ccn(C)n2)c(Br)c1. The Kier molecular flexibility index (Phi) is 4.92. The number of nitrogens with one attached hydrogen (secondary N) is 1. The molecule has 0 saturated carbocycles. The van der Waals surface area contributed by atoms with Gasteiger partial charge in [-0.3, -0.25) is 4.68 Å². The Morgan fingerprint density at radius 1 is 1.40 bits per heavy atom. The van der Waals surface area contributed by atoms with Crippen LogP contribution in [0.1, 0.15) is 21.6 Å². The average Bonchev–Trinajstić information content (AvgIpc) is 2.85. The van der Waals surface area contributed by atoms with Gasteiger partial charge in [-0.15, -0.1) is 0 Å². The number of carbonyl (C=O) groups excluding carboxylic acids is 1. The molecule has 0 unspecified atom stereocenters. The predicted molar refractivity (Wildman–Crippen MR) is 79.2 cm³/mol. The summed E-state index contributed by atoms with van der Waals surface area (Å²) in [5, 5.41) is 7.61. The number of aryl methyl sites for hydroxylation is 1. The molecule has 1 aromatic carbocycles. The largest absolute Gasteiger partial charge is 0.465 e. The zero-order valence-electron chi connectivity index (χ0n) is 11.4. The number of halogens is 1. The summed E-state index contributed by atoms with van der Waals surface area (Å²) in [6.45, 7) is 1.39. The number of carbonyl (C=O) groups is 1.